The van der Waals surface area contributed by atoms with E-state index in [0.717, 1.165) is 42.8 Å². The van der Waals surface area contributed by atoms with Gasteiger partial charge in [0, 0.05) is 31.0 Å². The molecule has 0 aliphatic carbocycles. The van der Waals surface area contributed by atoms with Crippen LogP contribution in [0.5, 0.6) is 5.75 Å². The summed E-state index contributed by atoms with van der Waals surface area (Å²) in [4.78, 5) is 22.4. The molecule has 4 rings (SSSR count). The van der Waals surface area contributed by atoms with E-state index < -0.39 is 0 Å². The van der Waals surface area contributed by atoms with Gasteiger partial charge >= 0.3 is 0 Å². The lowest BCUT2D eigenvalue weighted by molar-refractivity contribution is -0.121. The van der Waals surface area contributed by atoms with Gasteiger partial charge < -0.3 is 14.2 Å². The largest absolute Gasteiger partial charge is 0.494 e. The SMILES string of the molecule is CC1C(=O)NC2=Nc3ccc(OCCCCCn4ccnc4)cc3CN21. The first-order valence-electron chi connectivity index (χ1n) is 9.08. The van der Waals surface area contributed by atoms with Crippen LogP contribution in [0.25, 0.3) is 0 Å². The molecule has 7 heteroatoms. The van der Waals surface area contributed by atoms with E-state index in [2.05, 4.69) is 19.9 Å². The minimum Gasteiger partial charge on any atom is -0.494 e. The third-order valence-corrected chi connectivity index (χ3v) is 4.86. The number of amides is 1. The van der Waals surface area contributed by atoms with Gasteiger partial charge in [-0.1, -0.05) is 0 Å². The molecular weight excluding hydrogens is 330 g/mol. The number of imidazole rings is 1. The molecule has 7 nitrogen and oxygen atoms in total. The van der Waals surface area contributed by atoms with Crippen molar-refractivity contribution in [2.75, 3.05) is 6.61 Å². The molecule has 0 spiro atoms. The highest BCUT2D eigenvalue weighted by molar-refractivity contribution is 6.07. The summed E-state index contributed by atoms with van der Waals surface area (Å²) in [5.74, 6) is 1.52. The second-order valence-electron chi connectivity index (χ2n) is 6.73. The van der Waals surface area contributed by atoms with Crippen LogP contribution in [-0.4, -0.2) is 39.0 Å². The molecule has 2 aliphatic heterocycles. The van der Waals surface area contributed by atoms with E-state index in [1.807, 2.05) is 42.5 Å². The Morgan fingerprint density at radius 3 is 3.08 bits per heavy atom. The van der Waals surface area contributed by atoms with Gasteiger partial charge in [0.25, 0.3) is 0 Å². The molecule has 1 aromatic heterocycles. The molecule has 2 aromatic rings. The molecule has 0 radical (unpaired) electrons. The van der Waals surface area contributed by atoms with E-state index in [1.54, 1.807) is 6.20 Å². The third kappa shape index (κ3) is 3.42. The molecule has 0 saturated carbocycles. The second kappa shape index (κ2) is 7.19. The summed E-state index contributed by atoms with van der Waals surface area (Å²) in [7, 11) is 0. The number of guanidine groups is 1. The number of hydrogen-bond acceptors (Lipinski definition) is 5. The van der Waals surface area contributed by atoms with E-state index in [0.29, 0.717) is 19.1 Å². The first kappa shape index (κ1) is 16.6. The number of aryl methyl sites for hydroxylation is 1. The van der Waals surface area contributed by atoms with Gasteiger partial charge in [0.1, 0.15) is 11.8 Å². The number of nitrogens with zero attached hydrogens (tertiary/aromatic N) is 4. The van der Waals surface area contributed by atoms with E-state index in [-0.39, 0.29) is 11.9 Å². The molecule has 136 valence electrons. The minimum absolute atomic E-state index is 0.00345. The third-order valence-electron chi connectivity index (χ3n) is 4.86. The molecule has 1 amide bonds. The van der Waals surface area contributed by atoms with Gasteiger partial charge in [0.05, 0.1) is 18.6 Å². The molecule has 1 fully saturated rings. The monoisotopic (exact) mass is 353 g/mol. The maximum Gasteiger partial charge on any atom is 0.249 e. The number of benzene rings is 1. The summed E-state index contributed by atoms with van der Waals surface area (Å²) < 4.78 is 8.00. The number of carbonyl (C=O) groups excluding carboxylic acids is 1. The predicted octanol–water partition coefficient (Wildman–Crippen LogP) is 2.45. The van der Waals surface area contributed by atoms with Crippen LogP contribution in [0.4, 0.5) is 5.69 Å². The standard InChI is InChI=1S/C19H23N5O2/c1-14-18(25)22-19-21-17-6-5-16(11-15(17)12-24(14)19)26-10-4-2-3-8-23-9-7-20-13-23/h5-7,9,11,13-14H,2-4,8,10,12H2,1H3,(H,21,22,25). The van der Waals surface area contributed by atoms with Crippen molar-refractivity contribution in [1.82, 2.24) is 19.8 Å². The highest BCUT2D eigenvalue weighted by Crippen LogP contribution is 2.31. The van der Waals surface area contributed by atoms with Crippen LogP contribution in [0.1, 0.15) is 31.7 Å². The van der Waals surface area contributed by atoms with Gasteiger partial charge in [-0.15, -0.1) is 0 Å². The van der Waals surface area contributed by atoms with Crippen molar-refractivity contribution in [3.8, 4) is 5.75 Å². The number of hydrogen-bond donors (Lipinski definition) is 1. The molecule has 26 heavy (non-hydrogen) atoms. The summed E-state index contributed by atoms with van der Waals surface area (Å²) in [6, 6.07) is 5.77. The van der Waals surface area contributed by atoms with Crippen LogP contribution >= 0.6 is 0 Å². The highest BCUT2D eigenvalue weighted by atomic mass is 16.5. The number of aromatic nitrogens is 2. The van der Waals surface area contributed by atoms with Gasteiger partial charge in [0.2, 0.25) is 11.9 Å². The van der Waals surface area contributed by atoms with Crippen molar-refractivity contribution in [2.45, 2.75) is 45.3 Å². The molecule has 1 N–H and O–H groups in total. The van der Waals surface area contributed by atoms with Crippen molar-refractivity contribution in [1.29, 1.82) is 0 Å². The fourth-order valence-electron chi connectivity index (χ4n) is 3.28. The smallest absolute Gasteiger partial charge is 0.249 e. The number of fused-ring (bicyclic) bond motifs is 2. The Morgan fingerprint density at radius 2 is 2.23 bits per heavy atom. The molecule has 3 heterocycles. The highest BCUT2D eigenvalue weighted by Gasteiger charge is 2.35. The Hall–Kier alpha value is -2.83. The quantitative estimate of drug-likeness (QED) is 0.776. The zero-order chi connectivity index (χ0) is 17.9. The average molecular weight is 353 g/mol. The number of ether oxygens (including phenoxy) is 1. The van der Waals surface area contributed by atoms with Gasteiger partial charge in [-0.25, -0.2) is 9.98 Å². The number of unbranched alkanes of at least 4 members (excludes halogenated alkanes) is 2. The minimum atomic E-state index is -0.179. The normalized spacial score (nSPS) is 18.2. The summed E-state index contributed by atoms with van der Waals surface area (Å²) in [5, 5.41) is 2.83. The molecule has 1 aromatic carbocycles. The van der Waals surface area contributed by atoms with Gasteiger partial charge in [-0.3, -0.25) is 10.1 Å². The lowest BCUT2D eigenvalue weighted by atomic mass is 10.1. The lowest BCUT2D eigenvalue weighted by Gasteiger charge is -2.26. The molecule has 1 unspecified atom stereocenters. The van der Waals surface area contributed by atoms with Crippen LogP contribution < -0.4 is 10.1 Å². The van der Waals surface area contributed by atoms with Crippen LogP contribution in [-0.2, 0) is 17.9 Å². The summed E-state index contributed by atoms with van der Waals surface area (Å²) >= 11 is 0. The second-order valence-corrected chi connectivity index (χ2v) is 6.73. The fraction of sp³-hybridized carbons (Fsp3) is 0.421. The van der Waals surface area contributed by atoms with E-state index in [4.69, 9.17) is 4.74 Å². The predicted molar refractivity (Wildman–Crippen MR) is 98.3 cm³/mol. The van der Waals surface area contributed by atoms with Crippen LogP contribution in [0, 0.1) is 0 Å². The van der Waals surface area contributed by atoms with Crippen molar-refractivity contribution in [3.05, 3.63) is 42.5 Å². The summed E-state index contributed by atoms with van der Waals surface area (Å²) in [6.45, 7) is 4.28. The van der Waals surface area contributed by atoms with Crippen LogP contribution in [0.3, 0.4) is 0 Å². The topological polar surface area (TPSA) is 71.7 Å². The van der Waals surface area contributed by atoms with Crippen molar-refractivity contribution < 1.29 is 9.53 Å². The first-order valence-corrected chi connectivity index (χ1v) is 9.08. The number of aliphatic imine (C=N–C) groups is 1. The summed E-state index contributed by atoms with van der Waals surface area (Å²) in [5.41, 5.74) is 1.99. The zero-order valence-corrected chi connectivity index (χ0v) is 14.9. The maximum absolute atomic E-state index is 11.8. The summed E-state index contributed by atoms with van der Waals surface area (Å²) in [6.07, 6.45) is 8.91. The Morgan fingerprint density at radius 1 is 1.31 bits per heavy atom. The Kier molecular flexibility index (Phi) is 4.60. The van der Waals surface area contributed by atoms with E-state index in [1.165, 1.54) is 0 Å². The van der Waals surface area contributed by atoms with Crippen LogP contribution in [0.15, 0.2) is 41.9 Å². The Bertz CT molecular complexity index is 815. The Labute approximate surface area is 152 Å². The van der Waals surface area contributed by atoms with E-state index >= 15 is 0 Å². The van der Waals surface area contributed by atoms with Gasteiger partial charge in [-0.05, 0) is 44.4 Å². The van der Waals surface area contributed by atoms with Gasteiger partial charge in [-0.2, -0.15) is 0 Å². The average Bonchev–Trinajstić information content (AvgIpc) is 3.25. The molecular formula is C19H23N5O2. The first-order chi connectivity index (χ1) is 12.7. The van der Waals surface area contributed by atoms with Crippen molar-refractivity contribution >= 4 is 17.6 Å². The molecule has 2 aliphatic rings. The molecule has 0 bridgehead atoms. The molecule has 1 saturated heterocycles. The molecule has 1 atom stereocenters. The van der Waals surface area contributed by atoms with Crippen molar-refractivity contribution in [3.63, 3.8) is 0 Å². The number of rotatable bonds is 7. The fourth-order valence-corrected chi connectivity index (χ4v) is 3.28. The lowest BCUT2D eigenvalue weighted by Crippen LogP contribution is -2.35. The number of nitrogens with one attached hydrogen (secondary N) is 1. The number of carbonyl (C=O) groups is 1. The van der Waals surface area contributed by atoms with Crippen molar-refractivity contribution in [2.24, 2.45) is 4.99 Å². The zero-order valence-electron chi connectivity index (χ0n) is 14.9. The van der Waals surface area contributed by atoms with E-state index in [9.17, 15) is 4.79 Å². The van der Waals surface area contributed by atoms with Gasteiger partial charge in [0.15, 0.2) is 0 Å². The van der Waals surface area contributed by atoms with Crippen LogP contribution in [0.2, 0.25) is 0 Å². The maximum atomic E-state index is 11.8. The Balaban J connectivity index is 1.27.